The van der Waals surface area contributed by atoms with E-state index in [4.69, 9.17) is 0 Å². The third kappa shape index (κ3) is 5.07. The minimum absolute atomic E-state index is 0.240. The fourth-order valence-corrected chi connectivity index (χ4v) is 3.17. The molecule has 0 aromatic heterocycles. The molecule has 1 rings (SSSR count). The number of nitrogens with one attached hydrogen (secondary N) is 1. The first-order chi connectivity index (χ1) is 7.42. The van der Waals surface area contributed by atoms with E-state index in [1.54, 1.807) is 0 Å². The van der Waals surface area contributed by atoms with Crippen LogP contribution in [0.15, 0.2) is 0 Å². The van der Waals surface area contributed by atoms with Gasteiger partial charge in [0.2, 0.25) is 0 Å². The summed E-state index contributed by atoms with van der Waals surface area (Å²) in [6.07, 6.45) is 1.25. The van der Waals surface area contributed by atoms with E-state index in [9.17, 15) is 0 Å². The molecule has 1 aliphatic rings. The first-order valence-corrected chi connectivity index (χ1v) is 7.58. The van der Waals surface area contributed by atoms with Crippen LogP contribution in [0, 0.1) is 0 Å². The normalized spacial score (nSPS) is 25.7. The summed E-state index contributed by atoms with van der Waals surface area (Å²) in [5.41, 5.74) is 0.240. The van der Waals surface area contributed by atoms with Crippen LogP contribution in [0.25, 0.3) is 0 Å². The summed E-state index contributed by atoms with van der Waals surface area (Å²) in [5.74, 6) is 1.30. The van der Waals surface area contributed by atoms with E-state index in [0.717, 1.165) is 11.8 Å². The van der Waals surface area contributed by atoms with Gasteiger partial charge in [-0.05, 0) is 27.2 Å². The maximum absolute atomic E-state index is 3.64. The second-order valence-electron chi connectivity index (χ2n) is 5.87. The van der Waals surface area contributed by atoms with E-state index >= 15 is 0 Å². The molecule has 1 fully saturated rings. The molecule has 0 amide bonds. The van der Waals surface area contributed by atoms with E-state index in [1.807, 2.05) is 0 Å². The van der Waals surface area contributed by atoms with Crippen molar-refractivity contribution in [2.45, 2.75) is 57.9 Å². The van der Waals surface area contributed by atoms with Crippen LogP contribution in [0.4, 0.5) is 0 Å². The van der Waals surface area contributed by atoms with Gasteiger partial charge in [-0.1, -0.05) is 13.8 Å². The zero-order valence-electron chi connectivity index (χ0n) is 11.5. The Kier molecular flexibility index (Phi) is 5.62. The second kappa shape index (κ2) is 6.27. The van der Waals surface area contributed by atoms with Gasteiger partial charge in [-0.25, -0.2) is 0 Å². The molecule has 0 aliphatic carbocycles. The topological polar surface area (TPSA) is 15.3 Å². The van der Waals surface area contributed by atoms with Crippen LogP contribution in [0.2, 0.25) is 0 Å². The molecule has 1 saturated heterocycles. The smallest absolute Gasteiger partial charge is 0.0218 e. The van der Waals surface area contributed by atoms with Crippen LogP contribution in [0.1, 0.15) is 41.0 Å². The molecule has 0 bridgehead atoms. The van der Waals surface area contributed by atoms with E-state index < -0.39 is 0 Å². The highest BCUT2D eigenvalue weighted by Crippen LogP contribution is 2.20. The minimum Gasteiger partial charge on any atom is -0.311 e. The Labute approximate surface area is 106 Å². The highest BCUT2D eigenvalue weighted by atomic mass is 32.2. The molecule has 0 spiro atoms. The Morgan fingerprint density at radius 3 is 2.62 bits per heavy atom. The largest absolute Gasteiger partial charge is 0.311 e. The molecule has 1 aliphatic heterocycles. The lowest BCUT2D eigenvalue weighted by atomic mass is 10.1. The molecule has 2 nitrogen and oxygen atoms in total. The van der Waals surface area contributed by atoms with Gasteiger partial charge in [-0.2, -0.15) is 11.8 Å². The van der Waals surface area contributed by atoms with Crippen molar-refractivity contribution >= 4 is 11.8 Å². The average molecular weight is 244 g/mol. The number of rotatable bonds is 4. The van der Waals surface area contributed by atoms with Crippen molar-refractivity contribution in [3.8, 4) is 0 Å². The van der Waals surface area contributed by atoms with E-state index in [-0.39, 0.29) is 5.54 Å². The standard InChI is InChI=1S/C13H28N2S/c1-6-12(9-14-13(3,4)5)15-7-8-16-11(2)10-15/h11-12,14H,6-10H2,1-5H3. The van der Waals surface area contributed by atoms with Crippen LogP contribution in [0.3, 0.4) is 0 Å². The molecule has 0 aromatic carbocycles. The summed E-state index contributed by atoms with van der Waals surface area (Å²) in [5, 5.41) is 4.44. The number of hydrogen-bond acceptors (Lipinski definition) is 3. The third-order valence-electron chi connectivity index (χ3n) is 3.13. The predicted molar refractivity (Wildman–Crippen MR) is 75.3 cm³/mol. The van der Waals surface area contributed by atoms with Gasteiger partial charge in [0.1, 0.15) is 0 Å². The summed E-state index contributed by atoms with van der Waals surface area (Å²) in [6.45, 7) is 15.0. The first kappa shape index (κ1) is 14.3. The summed E-state index contributed by atoms with van der Waals surface area (Å²) in [6, 6.07) is 0.711. The van der Waals surface area contributed by atoms with Crippen molar-refractivity contribution < 1.29 is 0 Å². The molecule has 16 heavy (non-hydrogen) atoms. The molecule has 1 N–H and O–H groups in total. The Morgan fingerprint density at radius 2 is 2.12 bits per heavy atom. The Morgan fingerprint density at radius 1 is 1.44 bits per heavy atom. The molecule has 0 saturated carbocycles. The Bertz CT molecular complexity index is 201. The van der Waals surface area contributed by atoms with Gasteiger partial charge in [0.15, 0.2) is 0 Å². The molecule has 96 valence electrons. The lowest BCUT2D eigenvalue weighted by molar-refractivity contribution is 0.185. The third-order valence-corrected chi connectivity index (χ3v) is 4.26. The van der Waals surface area contributed by atoms with Gasteiger partial charge in [0, 0.05) is 42.2 Å². The molecule has 0 aromatic rings. The van der Waals surface area contributed by atoms with Crippen LogP contribution in [0.5, 0.6) is 0 Å². The number of nitrogens with zero attached hydrogens (tertiary/aromatic N) is 1. The summed E-state index contributed by atoms with van der Waals surface area (Å²) in [4.78, 5) is 2.67. The number of hydrogen-bond donors (Lipinski definition) is 1. The van der Waals surface area contributed by atoms with Gasteiger partial charge in [-0.3, -0.25) is 4.90 Å². The second-order valence-corrected chi connectivity index (χ2v) is 7.42. The van der Waals surface area contributed by atoms with Gasteiger partial charge >= 0.3 is 0 Å². The van der Waals surface area contributed by atoms with Crippen LogP contribution in [-0.2, 0) is 0 Å². The zero-order chi connectivity index (χ0) is 12.2. The fraction of sp³-hybridized carbons (Fsp3) is 1.00. The van der Waals surface area contributed by atoms with E-state index in [0.29, 0.717) is 6.04 Å². The SMILES string of the molecule is CCC(CNC(C)(C)C)N1CCSC(C)C1. The Hall–Kier alpha value is 0.270. The average Bonchev–Trinajstić information content (AvgIpc) is 2.17. The van der Waals surface area contributed by atoms with Gasteiger partial charge in [0.05, 0.1) is 0 Å². The molecule has 1 heterocycles. The van der Waals surface area contributed by atoms with Crippen molar-refractivity contribution in [3.63, 3.8) is 0 Å². The Balaban J connectivity index is 2.40. The monoisotopic (exact) mass is 244 g/mol. The van der Waals surface area contributed by atoms with Gasteiger partial charge in [-0.15, -0.1) is 0 Å². The lowest BCUT2D eigenvalue weighted by Gasteiger charge is -2.38. The lowest BCUT2D eigenvalue weighted by Crippen LogP contribution is -2.50. The van der Waals surface area contributed by atoms with Crippen molar-refractivity contribution in [1.29, 1.82) is 0 Å². The molecule has 2 atom stereocenters. The van der Waals surface area contributed by atoms with Crippen molar-refractivity contribution in [1.82, 2.24) is 10.2 Å². The van der Waals surface area contributed by atoms with Gasteiger partial charge < -0.3 is 5.32 Å². The summed E-state index contributed by atoms with van der Waals surface area (Å²) < 4.78 is 0. The van der Waals surface area contributed by atoms with Crippen LogP contribution >= 0.6 is 11.8 Å². The maximum atomic E-state index is 3.64. The predicted octanol–water partition coefficient (Wildman–Crippen LogP) is 2.59. The molecular formula is C13H28N2S. The highest BCUT2D eigenvalue weighted by molar-refractivity contribution is 7.99. The molecule has 2 unspecified atom stereocenters. The molecule has 0 radical (unpaired) electrons. The highest BCUT2D eigenvalue weighted by Gasteiger charge is 2.23. The summed E-state index contributed by atoms with van der Waals surface area (Å²) >= 11 is 2.11. The zero-order valence-corrected chi connectivity index (χ0v) is 12.4. The maximum Gasteiger partial charge on any atom is 0.0218 e. The first-order valence-electron chi connectivity index (χ1n) is 6.53. The van der Waals surface area contributed by atoms with Gasteiger partial charge in [0.25, 0.3) is 0 Å². The van der Waals surface area contributed by atoms with Crippen molar-refractivity contribution in [3.05, 3.63) is 0 Å². The number of thioether (sulfide) groups is 1. The van der Waals surface area contributed by atoms with E-state index in [2.05, 4.69) is 56.6 Å². The van der Waals surface area contributed by atoms with Crippen LogP contribution in [-0.4, -0.2) is 47.1 Å². The van der Waals surface area contributed by atoms with Crippen molar-refractivity contribution in [2.24, 2.45) is 0 Å². The van der Waals surface area contributed by atoms with E-state index in [1.165, 1.54) is 25.3 Å². The quantitative estimate of drug-likeness (QED) is 0.818. The van der Waals surface area contributed by atoms with Crippen LogP contribution < -0.4 is 5.32 Å². The fourth-order valence-electron chi connectivity index (χ4n) is 2.13. The molecule has 3 heteroatoms. The summed E-state index contributed by atoms with van der Waals surface area (Å²) in [7, 11) is 0. The van der Waals surface area contributed by atoms with Crippen molar-refractivity contribution in [2.75, 3.05) is 25.4 Å². The molecular weight excluding hydrogens is 216 g/mol. The minimum atomic E-state index is 0.240.